The minimum absolute atomic E-state index is 0.0136. The molecule has 1 amide bonds. The van der Waals surface area contributed by atoms with Crippen molar-refractivity contribution in [2.75, 3.05) is 42.9 Å². The van der Waals surface area contributed by atoms with Crippen LogP contribution in [0.1, 0.15) is 24.9 Å². The summed E-state index contributed by atoms with van der Waals surface area (Å²) in [5, 5.41) is 8.08. The lowest BCUT2D eigenvalue weighted by Crippen LogP contribution is -2.58. The number of nitrogens with zero attached hydrogens (tertiary/aromatic N) is 4. The number of aromatic nitrogens is 2. The van der Waals surface area contributed by atoms with Gasteiger partial charge in [-0.3, -0.25) is 4.79 Å². The number of benzene rings is 1. The third kappa shape index (κ3) is 4.59. The van der Waals surface area contributed by atoms with Gasteiger partial charge < -0.3 is 20.4 Å². The van der Waals surface area contributed by atoms with Crippen LogP contribution < -0.4 is 15.5 Å². The Kier molecular flexibility index (Phi) is 6.53. The van der Waals surface area contributed by atoms with E-state index >= 15 is 0 Å². The van der Waals surface area contributed by atoms with E-state index in [2.05, 4.69) is 25.5 Å². The normalized spacial score (nSPS) is 19.9. The van der Waals surface area contributed by atoms with Gasteiger partial charge in [0.25, 0.3) is 0 Å². The molecule has 0 saturated carbocycles. The van der Waals surface area contributed by atoms with E-state index in [1.54, 1.807) is 18.3 Å². The van der Waals surface area contributed by atoms with E-state index in [1.807, 2.05) is 17.9 Å². The minimum atomic E-state index is -0.125. The second kappa shape index (κ2) is 9.14. The van der Waals surface area contributed by atoms with Crippen molar-refractivity contribution < 1.29 is 4.79 Å². The maximum absolute atomic E-state index is 12.4. The van der Waals surface area contributed by atoms with Crippen molar-refractivity contribution in [3.05, 3.63) is 45.0 Å². The predicted molar refractivity (Wildman–Crippen MR) is 121 cm³/mol. The molecule has 160 valence electrons. The highest BCUT2D eigenvalue weighted by Gasteiger charge is 2.31. The first-order valence-corrected chi connectivity index (χ1v) is 11.1. The maximum atomic E-state index is 12.4. The molecule has 2 saturated heterocycles. The highest BCUT2D eigenvalue weighted by molar-refractivity contribution is 6.35. The molecule has 2 N–H and O–H groups in total. The van der Waals surface area contributed by atoms with E-state index in [-0.39, 0.29) is 18.0 Å². The second-order valence-electron chi connectivity index (χ2n) is 7.51. The SMILES string of the molecule is C[C@@H](Nc1nc(N2CCN(C(=O)C3CCN3)CC2)ncc1Cl)c1ccc(Cl)cc1Cl. The van der Waals surface area contributed by atoms with Crippen LogP contribution in [0.4, 0.5) is 11.8 Å². The largest absolute Gasteiger partial charge is 0.362 e. The number of carbonyl (C=O) groups is 1. The molecule has 4 rings (SSSR count). The van der Waals surface area contributed by atoms with Gasteiger partial charge in [-0.05, 0) is 37.6 Å². The summed E-state index contributed by atoms with van der Waals surface area (Å²) in [4.78, 5) is 25.4. The predicted octanol–water partition coefficient (Wildman–Crippen LogP) is 3.62. The Morgan fingerprint density at radius 1 is 1.20 bits per heavy atom. The first-order valence-electron chi connectivity index (χ1n) is 9.93. The van der Waals surface area contributed by atoms with E-state index in [0.29, 0.717) is 53.0 Å². The van der Waals surface area contributed by atoms with Gasteiger partial charge in [0, 0.05) is 36.2 Å². The highest BCUT2D eigenvalue weighted by Crippen LogP contribution is 2.30. The van der Waals surface area contributed by atoms with E-state index in [1.165, 1.54) is 0 Å². The Morgan fingerprint density at radius 3 is 2.57 bits per heavy atom. The molecule has 1 aromatic carbocycles. The molecular formula is C20H23Cl3N6O. The van der Waals surface area contributed by atoms with Crippen LogP contribution in [0.25, 0.3) is 0 Å². The van der Waals surface area contributed by atoms with E-state index in [4.69, 9.17) is 34.8 Å². The first kappa shape index (κ1) is 21.4. The number of piperazine rings is 1. The Morgan fingerprint density at radius 2 is 1.93 bits per heavy atom. The fourth-order valence-electron chi connectivity index (χ4n) is 3.59. The molecule has 1 aromatic heterocycles. The summed E-state index contributed by atoms with van der Waals surface area (Å²) in [5.41, 5.74) is 0.897. The molecule has 10 heteroatoms. The van der Waals surface area contributed by atoms with Crippen LogP contribution in [0.3, 0.4) is 0 Å². The van der Waals surface area contributed by atoms with Crippen LogP contribution in [0.15, 0.2) is 24.4 Å². The number of hydrogen-bond acceptors (Lipinski definition) is 6. The molecule has 2 aliphatic rings. The minimum Gasteiger partial charge on any atom is -0.362 e. The number of carbonyl (C=O) groups excluding carboxylic acids is 1. The Bertz CT molecular complexity index is 931. The van der Waals surface area contributed by atoms with Gasteiger partial charge in [0.15, 0.2) is 5.82 Å². The van der Waals surface area contributed by atoms with Crippen LogP contribution in [-0.2, 0) is 4.79 Å². The van der Waals surface area contributed by atoms with Gasteiger partial charge in [-0.25, -0.2) is 4.98 Å². The Hall–Kier alpha value is -1.80. The molecular weight excluding hydrogens is 447 g/mol. The Labute approximate surface area is 190 Å². The number of anilines is 2. The summed E-state index contributed by atoms with van der Waals surface area (Å²) in [6.07, 6.45) is 2.52. The monoisotopic (exact) mass is 468 g/mol. The van der Waals surface area contributed by atoms with Crippen LogP contribution in [0.2, 0.25) is 15.1 Å². The second-order valence-corrected chi connectivity index (χ2v) is 8.76. The lowest BCUT2D eigenvalue weighted by Gasteiger charge is -2.38. The molecule has 30 heavy (non-hydrogen) atoms. The van der Waals surface area contributed by atoms with Crippen molar-refractivity contribution in [1.29, 1.82) is 0 Å². The zero-order chi connectivity index (χ0) is 21.3. The highest BCUT2D eigenvalue weighted by atomic mass is 35.5. The Balaban J connectivity index is 1.42. The average molecular weight is 470 g/mol. The molecule has 0 aliphatic carbocycles. The van der Waals surface area contributed by atoms with E-state index in [9.17, 15) is 4.79 Å². The number of hydrogen-bond donors (Lipinski definition) is 2. The molecule has 0 radical (unpaired) electrons. The molecule has 0 spiro atoms. The maximum Gasteiger partial charge on any atom is 0.239 e. The van der Waals surface area contributed by atoms with Crippen molar-refractivity contribution in [2.24, 2.45) is 0 Å². The molecule has 3 heterocycles. The van der Waals surface area contributed by atoms with Crippen LogP contribution in [0, 0.1) is 0 Å². The summed E-state index contributed by atoms with van der Waals surface area (Å²) < 4.78 is 0. The van der Waals surface area contributed by atoms with Gasteiger partial charge in [-0.15, -0.1) is 0 Å². The fraction of sp³-hybridized carbons (Fsp3) is 0.450. The third-order valence-electron chi connectivity index (χ3n) is 5.51. The van der Waals surface area contributed by atoms with Gasteiger partial charge in [0.2, 0.25) is 11.9 Å². The third-order valence-corrected chi connectivity index (χ3v) is 6.35. The van der Waals surface area contributed by atoms with Crippen molar-refractivity contribution in [3.63, 3.8) is 0 Å². The number of nitrogens with one attached hydrogen (secondary N) is 2. The lowest BCUT2D eigenvalue weighted by atomic mass is 10.1. The topological polar surface area (TPSA) is 73.4 Å². The van der Waals surface area contributed by atoms with Gasteiger partial charge in [-0.2, -0.15) is 4.98 Å². The van der Waals surface area contributed by atoms with Crippen molar-refractivity contribution in [1.82, 2.24) is 20.2 Å². The summed E-state index contributed by atoms with van der Waals surface area (Å²) in [6, 6.07) is 5.25. The van der Waals surface area contributed by atoms with E-state index < -0.39 is 0 Å². The smallest absolute Gasteiger partial charge is 0.239 e. The summed E-state index contributed by atoms with van der Waals surface area (Å²) >= 11 is 18.7. The van der Waals surface area contributed by atoms with Crippen molar-refractivity contribution in [3.8, 4) is 0 Å². The molecule has 7 nitrogen and oxygen atoms in total. The van der Waals surface area contributed by atoms with Gasteiger partial charge >= 0.3 is 0 Å². The first-order chi connectivity index (χ1) is 14.4. The summed E-state index contributed by atoms with van der Waals surface area (Å²) in [5.74, 6) is 1.32. The summed E-state index contributed by atoms with van der Waals surface area (Å²) in [6.45, 7) is 5.57. The van der Waals surface area contributed by atoms with Gasteiger partial charge in [0.1, 0.15) is 5.02 Å². The number of rotatable bonds is 5. The molecule has 1 unspecified atom stereocenters. The average Bonchev–Trinajstić information content (AvgIpc) is 2.68. The molecule has 2 aliphatic heterocycles. The number of amides is 1. The zero-order valence-electron chi connectivity index (χ0n) is 16.5. The lowest BCUT2D eigenvalue weighted by molar-refractivity contribution is -0.135. The van der Waals surface area contributed by atoms with E-state index in [0.717, 1.165) is 18.5 Å². The van der Waals surface area contributed by atoms with Crippen LogP contribution in [0.5, 0.6) is 0 Å². The van der Waals surface area contributed by atoms with Crippen LogP contribution in [-0.4, -0.2) is 59.5 Å². The number of halogens is 3. The quantitative estimate of drug-likeness (QED) is 0.697. The molecule has 0 bridgehead atoms. The molecule has 2 fully saturated rings. The van der Waals surface area contributed by atoms with Gasteiger partial charge in [0.05, 0.1) is 18.3 Å². The van der Waals surface area contributed by atoms with Gasteiger partial charge in [-0.1, -0.05) is 40.9 Å². The molecule has 2 atom stereocenters. The summed E-state index contributed by atoms with van der Waals surface area (Å²) in [7, 11) is 0. The zero-order valence-corrected chi connectivity index (χ0v) is 18.8. The van der Waals surface area contributed by atoms with Crippen LogP contribution >= 0.6 is 34.8 Å². The van der Waals surface area contributed by atoms with Crippen molar-refractivity contribution in [2.45, 2.75) is 25.4 Å². The standard InChI is InChI=1S/C20H23Cl3N6O/c1-12(14-3-2-13(21)10-15(14)22)26-18-16(23)11-25-20(27-18)29-8-6-28(7-9-29)19(30)17-4-5-24-17/h2-3,10-12,17,24H,4-9H2,1H3,(H,25,26,27)/t12-,17?/m1/s1. The molecule has 2 aromatic rings. The fourth-order valence-corrected chi connectivity index (χ4v) is 4.31. The van der Waals surface area contributed by atoms with Crippen molar-refractivity contribution >= 4 is 52.5 Å².